The van der Waals surface area contributed by atoms with Crippen molar-refractivity contribution in [3.8, 4) is 0 Å². The van der Waals surface area contributed by atoms with Crippen LogP contribution in [0, 0.1) is 5.92 Å². The largest absolute Gasteiger partial charge is 0.466 e. The van der Waals surface area contributed by atoms with Crippen LogP contribution in [0.15, 0.2) is 23.8 Å². The van der Waals surface area contributed by atoms with Gasteiger partial charge in [0.15, 0.2) is 8.32 Å². The molecule has 1 heterocycles. The zero-order valence-corrected chi connectivity index (χ0v) is 17.0. The summed E-state index contributed by atoms with van der Waals surface area (Å²) in [6, 6.07) is 0. The van der Waals surface area contributed by atoms with Crippen molar-refractivity contribution in [2.45, 2.75) is 63.8 Å². The number of rotatable bonds is 5. The molecule has 1 aliphatic heterocycles. The smallest absolute Gasteiger partial charge is 0.330 e. The van der Waals surface area contributed by atoms with Crippen molar-refractivity contribution < 1.29 is 18.7 Å². The molecular formula is C19H32O4Si. The lowest BCUT2D eigenvalue weighted by Gasteiger charge is -2.47. The number of ether oxygens (including phenoxy) is 2. The number of methoxy groups -OCH3 is 1. The first-order chi connectivity index (χ1) is 11.1. The Bertz CT molecular complexity index is 530. The van der Waals surface area contributed by atoms with Crippen molar-refractivity contribution in [3.05, 3.63) is 23.8 Å². The molecule has 0 aromatic carbocycles. The lowest BCUT2D eigenvalue weighted by Crippen LogP contribution is -2.52. The Labute approximate surface area is 147 Å². The maximum atomic E-state index is 11.6. The van der Waals surface area contributed by atoms with Crippen LogP contribution >= 0.6 is 0 Å². The monoisotopic (exact) mass is 352 g/mol. The van der Waals surface area contributed by atoms with Crippen LogP contribution in [0.4, 0.5) is 0 Å². The number of hydrogen-bond donors (Lipinski definition) is 0. The van der Waals surface area contributed by atoms with Crippen molar-refractivity contribution >= 4 is 14.3 Å². The number of carbonyl (C=O) groups excluding carboxylic acids is 1. The molecule has 1 fully saturated rings. The summed E-state index contributed by atoms with van der Waals surface area (Å²) in [7, 11) is -0.552. The molecule has 1 aliphatic carbocycles. The van der Waals surface area contributed by atoms with Crippen LogP contribution in [-0.2, 0) is 18.7 Å². The van der Waals surface area contributed by atoms with Gasteiger partial charge in [-0.3, -0.25) is 0 Å². The Hall–Kier alpha value is -0.913. The van der Waals surface area contributed by atoms with Gasteiger partial charge >= 0.3 is 5.97 Å². The van der Waals surface area contributed by atoms with E-state index in [0.29, 0.717) is 13.2 Å². The summed E-state index contributed by atoms with van der Waals surface area (Å²) in [4.78, 5) is 11.6. The second-order valence-corrected chi connectivity index (χ2v) is 13.1. The number of carbonyl (C=O) groups is 1. The second kappa shape index (κ2) is 7.14. The van der Waals surface area contributed by atoms with Gasteiger partial charge in [-0.25, -0.2) is 4.79 Å². The SMILES string of the molecule is COC(=O)/C=C/[C@H]1CCC[C@@]1(O[Si](C)(C)C(C)(C)C)C1=CCOC1. The molecule has 1 saturated carbocycles. The van der Waals surface area contributed by atoms with E-state index in [4.69, 9.17) is 13.9 Å². The molecule has 0 unspecified atom stereocenters. The van der Waals surface area contributed by atoms with E-state index in [2.05, 4.69) is 39.9 Å². The predicted molar refractivity (Wildman–Crippen MR) is 98.4 cm³/mol. The van der Waals surface area contributed by atoms with Gasteiger partial charge in [0, 0.05) is 12.0 Å². The van der Waals surface area contributed by atoms with Gasteiger partial charge in [0.2, 0.25) is 0 Å². The zero-order chi connectivity index (χ0) is 18.0. The van der Waals surface area contributed by atoms with Crippen molar-refractivity contribution in [2.75, 3.05) is 20.3 Å². The Morgan fingerprint density at radius 1 is 1.42 bits per heavy atom. The maximum Gasteiger partial charge on any atom is 0.330 e. The number of esters is 1. The van der Waals surface area contributed by atoms with Crippen LogP contribution < -0.4 is 0 Å². The third-order valence-electron chi connectivity index (χ3n) is 5.82. The van der Waals surface area contributed by atoms with Crippen LogP contribution in [0.1, 0.15) is 40.0 Å². The summed E-state index contributed by atoms with van der Waals surface area (Å²) >= 11 is 0. The molecule has 24 heavy (non-hydrogen) atoms. The van der Waals surface area contributed by atoms with Crippen LogP contribution in [0.25, 0.3) is 0 Å². The minimum atomic E-state index is -1.96. The molecule has 0 saturated heterocycles. The molecule has 5 heteroatoms. The molecule has 4 nitrogen and oxygen atoms in total. The van der Waals surface area contributed by atoms with E-state index in [0.717, 1.165) is 19.3 Å². The Balaban J connectivity index is 2.37. The topological polar surface area (TPSA) is 44.8 Å². The predicted octanol–water partition coefficient (Wildman–Crippen LogP) is 4.23. The highest BCUT2D eigenvalue weighted by molar-refractivity contribution is 6.74. The highest BCUT2D eigenvalue weighted by Crippen LogP contribution is 2.50. The summed E-state index contributed by atoms with van der Waals surface area (Å²) in [5, 5.41) is 0.138. The zero-order valence-electron chi connectivity index (χ0n) is 16.0. The fraction of sp³-hybridized carbons (Fsp3) is 0.737. The standard InChI is InChI=1S/C19H32O4Si/c1-18(2,3)24(5,6)23-19(16-11-13-22-14-16)12-7-8-15(19)9-10-17(20)21-4/h9-11,15H,7-8,12-14H2,1-6H3/b10-9+/t15-,19+/m1/s1. The van der Waals surface area contributed by atoms with Crippen LogP contribution in [0.2, 0.25) is 18.1 Å². The van der Waals surface area contributed by atoms with E-state index < -0.39 is 8.32 Å². The first-order valence-electron chi connectivity index (χ1n) is 8.86. The molecule has 2 atom stereocenters. The third-order valence-corrected chi connectivity index (χ3v) is 10.3. The number of hydrogen-bond acceptors (Lipinski definition) is 4. The maximum absolute atomic E-state index is 11.6. The summed E-state index contributed by atoms with van der Waals surface area (Å²) in [6.07, 6.45) is 8.84. The molecule has 0 bridgehead atoms. The molecule has 2 rings (SSSR count). The molecule has 0 aromatic heterocycles. The van der Waals surface area contributed by atoms with Crippen LogP contribution in [0.5, 0.6) is 0 Å². The summed E-state index contributed by atoms with van der Waals surface area (Å²) in [5.74, 6) is -0.113. The molecule has 136 valence electrons. The van der Waals surface area contributed by atoms with Crippen molar-refractivity contribution in [1.82, 2.24) is 0 Å². The summed E-state index contributed by atoms with van der Waals surface area (Å²) in [5.41, 5.74) is 0.925. The van der Waals surface area contributed by atoms with E-state index in [-0.39, 0.29) is 22.5 Å². The lowest BCUT2D eigenvalue weighted by atomic mass is 9.83. The molecule has 0 N–H and O–H groups in total. The first kappa shape index (κ1) is 19.4. The summed E-state index contributed by atoms with van der Waals surface area (Å²) in [6.45, 7) is 12.7. The van der Waals surface area contributed by atoms with E-state index in [9.17, 15) is 4.79 Å². The highest BCUT2D eigenvalue weighted by atomic mass is 28.4. The van der Waals surface area contributed by atoms with Crippen LogP contribution in [-0.4, -0.2) is 40.2 Å². The molecule has 0 spiro atoms. The van der Waals surface area contributed by atoms with Crippen molar-refractivity contribution in [3.63, 3.8) is 0 Å². The second-order valence-electron chi connectivity index (χ2n) is 8.38. The Morgan fingerprint density at radius 2 is 2.12 bits per heavy atom. The van der Waals surface area contributed by atoms with E-state index in [1.54, 1.807) is 6.08 Å². The third kappa shape index (κ3) is 3.84. The fourth-order valence-corrected chi connectivity index (χ4v) is 5.00. The molecule has 2 aliphatic rings. The van der Waals surface area contributed by atoms with Gasteiger partial charge in [0.1, 0.15) is 0 Å². The molecule has 0 amide bonds. The van der Waals surface area contributed by atoms with Crippen molar-refractivity contribution in [1.29, 1.82) is 0 Å². The minimum absolute atomic E-state index is 0.138. The van der Waals surface area contributed by atoms with E-state index >= 15 is 0 Å². The van der Waals surface area contributed by atoms with Gasteiger partial charge in [0.05, 0.1) is 25.9 Å². The average Bonchev–Trinajstić information content (AvgIpc) is 3.13. The van der Waals surface area contributed by atoms with Gasteiger partial charge in [0.25, 0.3) is 0 Å². The Kier molecular flexibility index (Phi) is 5.78. The van der Waals surface area contributed by atoms with Crippen LogP contribution in [0.3, 0.4) is 0 Å². The molecule has 0 aromatic rings. The molecular weight excluding hydrogens is 320 g/mol. The normalized spacial score (nSPS) is 28.4. The molecule has 0 radical (unpaired) electrons. The quantitative estimate of drug-likeness (QED) is 0.321. The van der Waals surface area contributed by atoms with Gasteiger partial charge < -0.3 is 13.9 Å². The highest BCUT2D eigenvalue weighted by Gasteiger charge is 2.52. The van der Waals surface area contributed by atoms with Gasteiger partial charge in [-0.2, -0.15) is 0 Å². The van der Waals surface area contributed by atoms with Gasteiger partial charge in [-0.05, 0) is 43.0 Å². The fourth-order valence-electron chi connectivity index (χ4n) is 3.40. The van der Waals surface area contributed by atoms with Gasteiger partial charge in [-0.1, -0.05) is 32.9 Å². The lowest BCUT2D eigenvalue weighted by molar-refractivity contribution is -0.134. The minimum Gasteiger partial charge on any atom is -0.466 e. The Morgan fingerprint density at radius 3 is 2.67 bits per heavy atom. The van der Waals surface area contributed by atoms with Crippen molar-refractivity contribution in [2.24, 2.45) is 5.92 Å². The van der Waals surface area contributed by atoms with E-state index in [1.165, 1.54) is 12.7 Å². The van der Waals surface area contributed by atoms with E-state index in [1.807, 2.05) is 6.08 Å². The van der Waals surface area contributed by atoms with Gasteiger partial charge in [-0.15, -0.1) is 0 Å². The average molecular weight is 353 g/mol. The summed E-state index contributed by atoms with van der Waals surface area (Å²) < 4.78 is 17.4. The first-order valence-corrected chi connectivity index (χ1v) is 11.8.